The number of likely N-dealkylation sites (N-methyl/N-ethyl adjacent to an activating group) is 1. The fraction of sp³-hybridized carbons (Fsp3) is 0.316. The van der Waals surface area contributed by atoms with Crippen LogP contribution < -0.4 is 10.1 Å². The molecule has 0 aliphatic heterocycles. The molecule has 0 unspecified atom stereocenters. The monoisotopic (exact) mass is 376 g/mol. The predicted molar refractivity (Wildman–Crippen MR) is 102 cm³/mol. The molecule has 0 saturated carbocycles. The van der Waals surface area contributed by atoms with Crippen LogP contribution in [0.5, 0.6) is 5.75 Å². The number of carbonyl (C=O) groups excluding carboxylic acids is 1. The van der Waals surface area contributed by atoms with Gasteiger partial charge in [-0.15, -0.1) is 0 Å². The van der Waals surface area contributed by atoms with Gasteiger partial charge in [-0.05, 0) is 62.2 Å². The van der Waals surface area contributed by atoms with Gasteiger partial charge in [0.15, 0.2) is 0 Å². The fourth-order valence-corrected chi connectivity index (χ4v) is 3.87. The van der Waals surface area contributed by atoms with Crippen LogP contribution in [0.1, 0.15) is 18.1 Å². The molecule has 2 aromatic carbocycles. The standard InChI is InChI=1S/C19H24N2O4S/c1-5-25-17-10-8-16(9-11-17)20-19(22)13-21(4)26(23,24)18-12-14(2)6-7-15(18)3/h6-12H,5,13H2,1-4H3,(H,20,22). The molecule has 1 amide bonds. The molecule has 0 aliphatic carbocycles. The fourth-order valence-electron chi connectivity index (χ4n) is 2.44. The highest BCUT2D eigenvalue weighted by Crippen LogP contribution is 2.20. The molecule has 7 heteroatoms. The third-order valence-corrected chi connectivity index (χ3v) is 5.79. The lowest BCUT2D eigenvalue weighted by molar-refractivity contribution is -0.116. The Hall–Kier alpha value is -2.38. The van der Waals surface area contributed by atoms with Crippen molar-refractivity contribution in [3.05, 3.63) is 53.6 Å². The Morgan fingerprint density at radius 2 is 1.77 bits per heavy atom. The summed E-state index contributed by atoms with van der Waals surface area (Å²) in [5.41, 5.74) is 2.08. The first-order valence-electron chi connectivity index (χ1n) is 8.30. The molecule has 0 radical (unpaired) electrons. The van der Waals surface area contributed by atoms with Gasteiger partial charge in [0.25, 0.3) is 0 Å². The minimum absolute atomic E-state index is 0.217. The number of anilines is 1. The largest absolute Gasteiger partial charge is 0.494 e. The number of nitrogens with one attached hydrogen (secondary N) is 1. The molecule has 0 spiro atoms. The van der Waals surface area contributed by atoms with Crippen molar-refractivity contribution in [2.24, 2.45) is 0 Å². The Labute approximate surface area is 154 Å². The van der Waals surface area contributed by atoms with E-state index in [1.807, 2.05) is 19.9 Å². The molecule has 0 bridgehead atoms. The molecule has 140 valence electrons. The third kappa shape index (κ3) is 4.83. The van der Waals surface area contributed by atoms with Gasteiger partial charge in [-0.3, -0.25) is 4.79 Å². The van der Waals surface area contributed by atoms with E-state index in [0.717, 1.165) is 9.87 Å². The van der Waals surface area contributed by atoms with Crippen LogP contribution in [0.15, 0.2) is 47.4 Å². The number of nitrogens with zero attached hydrogens (tertiary/aromatic N) is 1. The summed E-state index contributed by atoms with van der Waals surface area (Å²) in [4.78, 5) is 12.4. The third-order valence-electron chi connectivity index (χ3n) is 3.85. The highest BCUT2D eigenvalue weighted by molar-refractivity contribution is 7.89. The van der Waals surface area contributed by atoms with Crippen LogP contribution in [-0.4, -0.2) is 38.8 Å². The van der Waals surface area contributed by atoms with Crippen LogP contribution >= 0.6 is 0 Å². The van der Waals surface area contributed by atoms with Gasteiger partial charge < -0.3 is 10.1 Å². The molecule has 2 aromatic rings. The maximum Gasteiger partial charge on any atom is 0.243 e. The minimum Gasteiger partial charge on any atom is -0.494 e. The molecule has 0 fully saturated rings. The van der Waals surface area contributed by atoms with Crippen LogP contribution in [0.4, 0.5) is 5.69 Å². The van der Waals surface area contributed by atoms with Crippen molar-refractivity contribution >= 4 is 21.6 Å². The van der Waals surface area contributed by atoms with Crippen molar-refractivity contribution < 1.29 is 17.9 Å². The lowest BCUT2D eigenvalue weighted by atomic mass is 10.2. The zero-order valence-electron chi connectivity index (χ0n) is 15.4. The number of sulfonamides is 1. The van der Waals surface area contributed by atoms with Crippen LogP contribution in [0.2, 0.25) is 0 Å². The van der Waals surface area contributed by atoms with E-state index in [-0.39, 0.29) is 11.4 Å². The van der Waals surface area contributed by atoms with Crippen LogP contribution in [0.25, 0.3) is 0 Å². The van der Waals surface area contributed by atoms with Gasteiger partial charge in [0, 0.05) is 12.7 Å². The summed E-state index contributed by atoms with van der Waals surface area (Å²) in [6.45, 7) is 5.74. The smallest absolute Gasteiger partial charge is 0.243 e. The molecule has 26 heavy (non-hydrogen) atoms. The molecule has 0 aromatic heterocycles. The Balaban J connectivity index is 2.07. The number of rotatable bonds is 7. The summed E-state index contributed by atoms with van der Waals surface area (Å²) in [7, 11) is -2.34. The highest BCUT2D eigenvalue weighted by atomic mass is 32.2. The van der Waals surface area contributed by atoms with E-state index in [2.05, 4.69) is 5.32 Å². The van der Waals surface area contributed by atoms with Crippen molar-refractivity contribution in [1.82, 2.24) is 4.31 Å². The average molecular weight is 376 g/mol. The number of hydrogen-bond acceptors (Lipinski definition) is 4. The summed E-state index contributed by atoms with van der Waals surface area (Å²) in [5.74, 6) is 0.297. The van der Waals surface area contributed by atoms with Crippen LogP contribution in [0.3, 0.4) is 0 Å². The molecule has 6 nitrogen and oxygen atoms in total. The Morgan fingerprint density at radius 1 is 1.12 bits per heavy atom. The lowest BCUT2D eigenvalue weighted by Crippen LogP contribution is -2.35. The van der Waals surface area contributed by atoms with Crippen molar-refractivity contribution in [1.29, 1.82) is 0 Å². The van der Waals surface area contributed by atoms with Gasteiger partial charge >= 0.3 is 0 Å². The number of hydrogen-bond donors (Lipinski definition) is 1. The zero-order chi connectivity index (χ0) is 19.3. The normalized spacial score (nSPS) is 11.4. The first-order chi connectivity index (χ1) is 12.2. The Morgan fingerprint density at radius 3 is 2.38 bits per heavy atom. The summed E-state index contributed by atoms with van der Waals surface area (Å²) in [5, 5.41) is 2.69. The maximum atomic E-state index is 12.7. The van der Waals surface area contributed by atoms with Crippen LogP contribution in [-0.2, 0) is 14.8 Å². The summed E-state index contributed by atoms with van der Waals surface area (Å²) in [6.07, 6.45) is 0. The molecule has 0 atom stereocenters. The van der Waals surface area contributed by atoms with E-state index in [0.29, 0.717) is 23.6 Å². The van der Waals surface area contributed by atoms with Gasteiger partial charge in [-0.25, -0.2) is 8.42 Å². The molecular formula is C19H24N2O4S. The number of ether oxygens (including phenoxy) is 1. The number of amides is 1. The SMILES string of the molecule is CCOc1ccc(NC(=O)CN(C)S(=O)(=O)c2cc(C)ccc2C)cc1. The molecule has 2 rings (SSSR count). The molecule has 0 saturated heterocycles. The second-order valence-corrected chi connectivity index (χ2v) is 8.05. The van der Waals surface area contributed by atoms with Gasteiger partial charge in [0.05, 0.1) is 18.0 Å². The van der Waals surface area contributed by atoms with E-state index in [1.54, 1.807) is 43.3 Å². The summed E-state index contributed by atoms with van der Waals surface area (Å²) >= 11 is 0. The van der Waals surface area contributed by atoms with Gasteiger partial charge in [-0.2, -0.15) is 4.31 Å². The van der Waals surface area contributed by atoms with E-state index in [9.17, 15) is 13.2 Å². The van der Waals surface area contributed by atoms with Crippen molar-refractivity contribution in [3.8, 4) is 5.75 Å². The zero-order valence-corrected chi connectivity index (χ0v) is 16.3. The lowest BCUT2D eigenvalue weighted by Gasteiger charge is -2.18. The summed E-state index contributed by atoms with van der Waals surface area (Å²) in [6, 6.07) is 12.1. The Kier molecular flexibility index (Phi) is 6.39. The summed E-state index contributed by atoms with van der Waals surface area (Å²) < 4.78 is 31.9. The van der Waals surface area contributed by atoms with E-state index in [4.69, 9.17) is 4.74 Å². The second kappa shape index (κ2) is 8.33. The van der Waals surface area contributed by atoms with E-state index < -0.39 is 15.9 Å². The topological polar surface area (TPSA) is 75.7 Å². The maximum absolute atomic E-state index is 12.7. The molecular weight excluding hydrogens is 352 g/mol. The van der Waals surface area contributed by atoms with Gasteiger partial charge in [0.1, 0.15) is 5.75 Å². The number of carbonyl (C=O) groups is 1. The quantitative estimate of drug-likeness (QED) is 0.806. The first-order valence-corrected chi connectivity index (χ1v) is 9.74. The second-order valence-electron chi connectivity index (χ2n) is 6.04. The van der Waals surface area contributed by atoms with Crippen molar-refractivity contribution in [2.75, 3.05) is 25.5 Å². The Bertz CT molecular complexity index is 877. The van der Waals surface area contributed by atoms with E-state index >= 15 is 0 Å². The van der Waals surface area contributed by atoms with Gasteiger partial charge in [0.2, 0.25) is 15.9 Å². The average Bonchev–Trinajstić information content (AvgIpc) is 2.58. The highest BCUT2D eigenvalue weighted by Gasteiger charge is 2.24. The number of benzene rings is 2. The molecule has 0 aliphatic rings. The minimum atomic E-state index is -3.74. The van der Waals surface area contributed by atoms with Crippen molar-refractivity contribution in [2.45, 2.75) is 25.7 Å². The van der Waals surface area contributed by atoms with Crippen LogP contribution in [0, 0.1) is 13.8 Å². The molecule has 0 heterocycles. The van der Waals surface area contributed by atoms with E-state index in [1.165, 1.54) is 7.05 Å². The van der Waals surface area contributed by atoms with Crippen molar-refractivity contribution in [3.63, 3.8) is 0 Å². The molecule has 1 N–H and O–H groups in total. The predicted octanol–water partition coefficient (Wildman–Crippen LogP) is 2.96. The first kappa shape index (κ1) is 19.9. The van der Waals surface area contributed by atoms with Gasteiger partial charge in [-0.1, -0.05) is 12.1 Å². The number of aryl methyl sites for hydroxylation is 2.